The van der Waals surface area contributed by atoms with Crippen molar-refractivity contribution in [2.45, 2.75) is 81.6 Å². The molecule has 0 saturated carbocycles. The number of nitrogens with zero attached hydrogens (tertiary/aromatic N) is 2. The summed E-state index contributed by atoms with van der Waals surface area (Å²) in [7, 11) is -10.1. The van der Waals surface area contributed by atoms with Crippen LogP contribution in [-0.4, -0.2) is 67.3 Å². The van der Waals surface area contributed by atoms with E-state index in [1.54, 1.807) is 30.3 Å². The van der Waals surface area contributed by atoms with Crippen LogP contribution in [0.3, 0.4) is 0 Å². The molecule has 0 aliphatic rings. The Hall–Kier alpha value is -4.67. The first-order valence-electron chi connectivity index (χ1n) is 18.8. The lowest BCUT2D eigenvalue weighted by atomic mass is 10.1. The molecule has 14 heteroatoms. The van der Waals surface area contributed by atoms with Crippen molar-refractivity contribution in [3.63, 3.8) is 0 Å². The summed E-state index contributed by atoms with van der Waals surface area (Å²) in [5.41, 5.74) is 6.33. The standard InChI is InChI=1S/C30H39N3O2Si.2C7H8O3S/c1-30(2,3)36(4,5)35-28(25-13-10-17-31-19-25)22-33(21-23-11-7-6-8-12-23)18-16-24-20-32-29-26(24)14-9-15-27(29)34;2*1-6-2-4-7(5-3-6)11(8,9)10/h6-15,17,19-20,28,32,34H,16,18,21-22H2,1-5H3;2*2-5H,1H3,(H,8,9,10)/t28-;;/m0../s1. The number of aromatic amines is 1. The third-order valence-electron chi connectivity index (χ3n) is 10.1. The Morgan fingerprint density at radius 1 is 0.776 bits per heavy atom. The Bertz CT molecular complexity index is 2350. The Labute approximate surface area is 344 Å². The molecule has 2 heterocycles. The number of pyridine rings is 1. The number of phenolic OH excluding ortho intramolecular Hbond substituents is 1. The monoisotopic (exact) mass is 845 g/mol. The van der Waals surface area contributed by atoms with Crippen LogP contribution in [0.2, 0.25) is 18.1 Å². The molecule has 0 fully saturated rings. The van der Waals surface area contributed by atoms with Gasteiger partial charge in [0.15, 0.2) is 8.32 Å². The molecule has 0 bridgehead atoms. The van der Waals surface area contributed by atoms with Crippen molar-refractivity contribution in [3.05, 3.63) is 156 Å². The van der Waals surface area contributed by atoms with Gasteiger partial charge in [0.1, 0.15) is 5.75 Å². The highest BCUT2D eigenvalue weighted by atomic mass is 32.2. The smallest absolute Gasteiger partial charge is 0.294 e. The predicted molar refractivity (Wildman–Crippen MR) is 233 cm³/mol. The van der Waals surface area contributed by atoms with Crippen molar-refractivity contribution in [2.24, 2.45) is 0 Å². The van der Waals surface area contributed by atoms with E-state index in [2.05, 4.69) is 91.2 Å². The number of aryl methyl sites for hydroxylation is 2. The minimum absolute atomic E-state index is 0.0599. The number of aromatic hydroxyl groups is 1. The molecule has 2 aromatic heterocycles. The number of hydrogen-bond donors (Lipinski definition) is 4. The highest BCUT2D eigenvalue weighted by Gasteiger charge is 2.40. The fourth-order valence-corrected chi connectivity index (χ4v) is 7.96. The van der Waals surface area contributed by atoms with Crippen molar-refractivity contribution in [2.75, 3.05) is 13.1 Å². The van der Waals surface area contributed by atoms with Crippen molar-refractivity contribution in [3.8, 4) is 5.75 Å². The van der Waals surface area contributed by atoms with Gasteiger partial charge >= 0.3 is 0 Å². The van der Waals surface area contributed by atoms with Crippen LogP contribution in [0.1, 0.15) is 54.7 Å². The zero-order valence-corrected chi connectivity index (χ0v) is 36.8. The zero-order chi connectivity index (χ0) is 42.7. The number of rotatable bonds is 12. The van der Waals surface area contributed by atoms with Crippen molar-refractivity contribution < 1.29 is 35.5 Å². The van der Waals surface area contributed by atoms with E-state index < -0.39 is 28.6 Å². The number of benzene rings is 4. The van der Waals surface area contributed by atoms with Crippen LogP contribution in [0, 0.1) is 13.8 Å². The molecule has 4 aromatic carbocycles. The van der Waals surface area contributed by atoms with Crippen LogP contribution in [0.15, 0.2) is 138 Å². The van der Waals surface area contributed by atoms with Gasteiger partial charge < -0.3 is 14.5 Å². The highest BCUT2D eigenvalue weighted by Crippen LogP contribution is 2.40. The fraction of sp³-hybridized carbons (Fsp3) is 0.295. The van der Waals surface area contributed by atoms with Crippen molar-refractivity contribution in [1.29, 1.82) is 0 Å². The lowest BCUT2D eigenvalue weighted by Gasteiger charge is -2.40. The van der Waals surface area contributed by atoms with Crippen LogP contribution in [-0.2, 0) is 37.6 Å². The molecular formula is C44H55N3O8S2Si. The van der Waals surface area contributed by atoms with E-state index in [4.69, 9.17) is 13.5 Å². The van der Waals surface area contributed by atoms with E-state index in [9.17, 15) is 21.9 Å². The number of nitrogens with one attached hydrogen (secondary N) is 1. The maximum atomic E-state index is 10.5. The van der Waals surface area contributed by atoms with Gasteiger partial charge in [0.2, 0.25) is 0 Å². The lowest BCUT2D eigenvalue weighted by molar-refractivity contribution is 0.116. The Kier molecular flexibility index (Phi) is 15.8. The Morgan fingerprint density at radius 2 is 1.34 bits per heavy atom. The minimum Gasteiger partial charge on any atom is -0.506 e. The molecule has 0 unspecified atom stereocenters. The van der Waals surface area contributed by atoms with Crippen LogP contribution >= 0.6 is 0 Å². The molecule has 1 atom stereocenters. The van der Waals surface area contributed by atoms with Gasteiger partial charge in [0.25, 0.3) is 20.2 Å². The fourth-order valence-electron chi connectivity index (χ4n) is 5.72. The van der Waals surface area contributed by atoms with Crippen molar-refractivity contribution >= 4 is 39.5 Å². The molecule has 0 saturated heterocycles. The van der Waals surface area contributed by atoms with E-state index in [1.165, 1.54) is 35.4 Å². The molecule has 0 spiro atoms. The van der Waals surface area contributed by atoms with Crippen LogP contribution in [0.4, 0.5) is 0 Å². The minimum atomic E-state index is -4.02. The Balaban J connectivity index is 0.000000273. The molecule has 6 rings (SSSR count). The van der Waals surface area contributed by atoms with Gasteiger partial charge in [-0.1, -0.05) is 105 Å². The number of H-pyrrole nitrogens is 1. The quantitative estimate of drug-likeness (QED) is 0.0687. The van der Waals surface area contributed by atoms with Gasteiger partial charge in [0.05, 0.1) is 21.4 Å². The average Bonchev–Trinajstić information content (AvgIpc) is 3.58. The topological polar surface area (TPSA) is 170 Å². The van der Waals surface area contributed by atoms with Gasteiger partial charge in [-0.05, 0) is 91.5 Å². The SMILES string of the molecule is CC(C)(C)[Si](C)(C)O[C@@H](CN(CCc1c[nH]c2c(O)cccc12)Cc1ccccc1)c1cccnc1.Cc1ccc(S(=O)(=O)O)cc1.Cc1ccc(S(=O)(=O)O)cc1. The van der Waals surface area contributed by atoms with E-state index in [0.717, 1.165) is 53.6 Å². The third-order valence-corrected chi connectivity index (χ3v) is 16.3. The summed E-state index contributed by atoms with van der Waals surface area (Å²) in [6, 6.07) is 32.4. The average molecular weight is 846 g/mol. The number of para-hydroxylation sites is 1. The largest absolute Gasteiger partial charge is 0.506 e. The summed E-state index contributed by atoms with van der Waals surface area (Å²) in [4.78, 5) is 10.0. The van der Waals surface area contributed by atoms with Crippen LogP contribution in [0.5, 0.6) is 5.75 Å². The van der Waals surface area contributed by atoms with Crippen LogP contribution < -0.4 is 0 Å². The van der Waals surface area contributed by atoms with Gasteiger partial charge in [-0.3, -0.25) is 19.0 Å². The molecular weight excluding hydrogens is 791 g/mol. The number of hydrogen-bond acceptors (Lipinski definition) is 8. The van der Waals surface area contributed by atoms with Crippen molar-refractivity contribution in [1.82, 2.24) is 14.9 Å². The summed E-state index contributed by atoms with van der Waals surface area (Å²) in [5.74, 6) is 0.291. The zero-order valence-electron chi connectivity index (χ0n) is 34.1. The second-order valence-corrected chi connectivity index (χ2v) is 23.3. The molecule has 58 heavy (non-hydrogen) atoms. The molecule has 11 nitrogen and oxygen atoms in total. The first-order valence-corrected chi connectivity index (χ1v) is 24.6. The van der Waals surface area contributed by atoms with Gasteiger partial charge in [-0.15, -0.1) is 0 Å². The molecule has 0 amide bonds. The molecule has 0 aliphatic heterocycles. The summed E-state index contributed by atoms with van der Waals surface area (Å²) >= 11 is 0. The summed E-state index contributed by atoms with van der Waals surface area (Å²) in [6.07, 6.45) is 6.60. The Morgan fingerprint density at radius 3 is 1.84 bits per heavy atom. The van der Waals surface area contributed by atoms with Gasteiger partial charge in [0, 0.05) is 43.6 Å². The third kappa shape index (κ3) is 13.7. The molecule has 6 aromatic rings. The van der Waals surface area contributed by atoms with E-state index >= 15 is 0 Å². The van der Waals surface area contributed by atoms with E-state index in [0.29, 0.717) is 5.75 Å². The maximum absolute atomic E-state index is 10.5. The number of aromatic nitrogens is 2. The summed E-state index contributed by atoms with van der Waals surface area (Å²) < 4.78 is 66.1. The first-order chi connectivity index (χ1) is 27.1. The molecule has 0 radical (unpaired) electrons. The van der Waals surface area contributed by atoms with Gasteiger partial charge in [-0.25, -0.2) is 0 Å². The first kappa shape index (κ1) is 46.0. The molecule has 4 N–H and O–H groups in total. The lowest BCUT2D eigenvalue weighted by Crippen LogP contribution is -2.44. The number of phenols is 1. The van der Waals surface area contributed by atoms with E-state index in [-0.39, 0.29) is 20.9 Å². The molecule has 0 aliphatic carbocycles. The van der Waals surface area contributed by atoms with E-state index in [1.807, 2.05) is 44.6 Å². The molecule has 310 valence electrons. The van der Waals surface area contributed by atoms with Crippen LogP contribution in [0.25, 0.3) is 10.9 Å². The summed E-state index contributed by atoms with van der Waals surface area (Å²) in [6.45, 7) is 17.7. The normalized spacial score (nSPS) is 12.7. The second kappa shape index (κ2) is 19.9. The number of fused-ring (bicyclic) bond motifs is 1. The maximum Gasteiger partial charge on any atom is 0.294 e. The summed E-state index contributed by atoms with van der Waals surface area (Å²) in [5, 5.41) is 11.4. The predicted octanol–water partition coefficient (Wildman–Crippen LogP) is 9.56. The van der Waals surface area contributed by atoms with Gasteiger partial charge in [-0.2, -0.15) is 16.8 Å². The highest BCUT2D eigenvalue weighted by molar-refractivity contribution is 7.86. The second-order valence-electron chi connectivity index (χ2n) is 15.7.